The lowest BCUT2D eigenvalue weighted by atomic mass is 10.1. The summed E-state index contributed by atoms with van der Waals surface area (Å²) in [5.41, 5.74) is 0.813. The van der Waals surface area contributed by atoms with Gasteiger partial charge in [-0.05, 0) is 12.0 Å². The van der Waals surface area contributed by atoms with Crippen molar-refractivity contribution in [2.75, 3.05) is 0 Å². The molecule has 0 atom stereocenters. The Kier molecular flexibility index (Phi) is 2.42. The van der Waals surface area contributed by atoms with Gasteiger partial charge in [0.2, 0.25) is 0 Å². The number of hydrogen-bond donors (Lipinski definition) is 0. The van der Waals surface area contributed by atoms with E-state index in [4.69, 9.17) is 11.6 Å². The van der Waals surface area contributed by atoms with E-state index in [1.165, 1.54) is 0 Å². The molecule has 0 aromatic carbocycles. The van der Waals surface area contributed by atoms with E-state index in [0.29, 0.717) is 10.9 Å². The van der Waals surface area contributed by atoms with E-state index < -0.39 is 0 Å². The Balaban J connectivity index is 2.41. The fourth-order valence-electron chi connectivity index (χ4n) is 1.35. The highest BCUT2D eigenvalue weighted by atomic mass is 35.5. The van der Waals surface area contributed by atoms with Crippen molar-refractivity contribution >= 4 is 17.2 Å². The van der Waals surface area contributed by atoms with E-state index in [9.17, 15) is 0 Å². The van der Waals surface area contributed by atoms with E-state index in [2.05, 4.69) is 23.9 Å². The lowest BCUT2D eigenvalue weighted by Gasteiger charge is -1.96. The summed E-state index contributed by atoms with van der Waals surface area (Å²) in [4.78, 5) is 4.38. The third-order valence-corrected chi connectivity index (χ3v) is 2.17. The number of aromatic nitrogens is 3. The average Bonchev–Trinajstić information content (AvgIpc) is 2.44. The lowest BCUT2D eigenvalue weighted by Crippen LogP contribution is -1.96. The summed E-state index contributed by atoms with van der Waals surface area (Å²) in [5.74, 6) is 1.45. The first-order valence-corrected chi connectivity index (χ1v) is 5.04. The van der Waals surface area contributed by atoms with Crippen LogP contribution in [0.2, 0.25) is 5.02 Å². The zero-order chi connectivity index (χ0) is 10.1. The number of nitrogens with zero attached hydrogens (tertiary/aromatic N) is 3. The maximum atomic E-state index is 5.85. The Bertz CT molecular complexity index is 448. The summed E-state index contributed by atoms with van der Waals surface area (Å²) >= 11 is 5.85. The maximum absolute atomic E-state index is 5.85. The molecule has 0 saturated carbocycles. The van der Waals surface area contributed by atoms with Crippen molar-refractivity contribution in [2.45, 2.75) is 20.3 Å². The average molecular weight is 210 g/mol. The van der Waals surface area contributed by atoms with Crippen LogP contribution in [0.4, 0.5) is 0 Å². The minimum atomic E-state index is 0.572. The Morgan fingerprint density at radius 3 is 3.00 bits per heavy atom. The van der Waals surface area contributed by atoms with Crippen LogP contribution in [0.15, 0.2) is 18.3 Å². The fourth-order valence-corrected chi connectivity index (χ4v) is 1.51. The number of hydrogen-bond acceptors (Lipinski definition) is 2. The molecule has 0 fully saturated rings. The number of halogens is 1. The molecule has 2 heterocycles. The smallest absolute Gasteiger partial charge is 0.157 e. The van der Waals surface area contributed by atoms with E-state index in [1.54, 1.807) is 4.52 Å². The summed E-state index contributed by atoms with van der Waals surface area (Å²) in [6.45, 7) is 4.30. The second-order valence-electron chi connectivity index (χ2n) is 3.77. The molecule has 0 bridgehead atoms. The zero-order valence-electron chi connectivity index (χ0n) is 8.24. The molecule has 0 amide bonds. The summed E-state index contributed by atoms with van der Waals surface area (Å²) in [7, 11) is 0. The molecule has 0 saturated heterocycles. The van der Waals surface area contributed by atoms with E-state index in [-0.39, 0.29) is 0 Å². The molecular weight excluding hydrogens is 198 g/mol. The number of pyridine rings is 1. The standard InChI is InChI=1S/C10H12ClN3/c1-7(2)5-9-12-10-6-8(11)3-4-14(10)13-9/h3-4,6-7H,5H2,1-2H3. The van der Waals surface area contributed by atoms with Crippen molar-refractivity contribution in [1.82, 2.24) is 14.6 Å². The predicted octanol–water partition coefficient (Wildman–Crippen LogP) is 2.58. The predicted molar refractivity (Wildman–Crippen MR) is 56.5 cm³/mol. The van der Waals surface area contributed by atoms with Crippen molar-refractivity contribution in [1.29, 1.82) is 0 Å². The number of fused-ring (bicyclic) bond motifs is 1. The van der Waals surface area contributed by atoms with Crippen LogP contribution in [0.25, 0.3) is 5.65 Å². The molecule has 14 heavy (non-hydrogen) atoms. The van der Waals surface area contributed by atoms with Crippen molar-refractivity contribution in [3.05, 3.63) is 29.2 Å². The second kappa shape index (κ2) is 3.58. The second-order valence-corrected chi connectivity index (χ2v) is 4.21. The van der Waals surface area contributed by atoms with Gasteiger partial charge in [-0.15, -0.1) is 0 Å². The van der Waals surface area contributed by atoms with Crippen molar-refractivity contribution in [3.63, 3.8) is 0 Å². The molecule has 4 heteroatoms. The van der Waals surface area contributed by atoms with Crippen LogP contribution in [-0.2, 0) is 6.42 Å². The first-order valence-electron chi connectivity index (χ1n) is 4.66. The summed E-state index contributed by atoms with van der Waals surface area (Å²) in [6.07, 6.45) is 2.73. The highest BCUT2D eigenvalue weighted by Crippen LogP contribution is 2.11. The molecule has 0 aliphatic carbocycles. The van der Waals surface area contributed by atoms with Gasteiger partial charge < -0.3 is 0 Å². The SMILES string of the molecule is CC(C)Cc1nc2cc(Cl)ccn2n1. The molecule has 0 unspecified atom stereocenters. The van der Waals surface area contributed by atoms with Crippen LogP contribution in [0.5, 0.6) is 0 Å². The van der Waals surface area contributed by atoms with Crippen LogP contribution in [0.1, 0.15) is 19.7 Å². The van der Waals surface area contributed by atoms with Gasteiger partial charge in [0.05, 0.1) is 0 Å². The molecule has 3 nitrogen and oxygen atoms in total. The largest absolute Gasteiger partial charge is 0.221 e. The van der Waals surface area contributed by atoms with Crippen molar-refractivity contribution < 1.29 is 0 Å². The Labute approximate surface area is 87.7 Å². The van der Waals surface area contributed by atoms with Gasteiger partial charge >= 0.3 is 0 Å². The molecule has 2 rings (SSSR count). The van der Waals surface area contributed by atoms with Gasteiger partial charge in [0.15, 0.2) is 11.5 Å². The number of rotatable bonds is 2. The van der Waals surface area contributed by atoms with Gasteiger partial charge in [0.25, 0.3) is 0 Å². The Morgan fingerprint density at radius 1 is 1.50 bits per heavy atom. The van der Waals surface area contributed by atoms with Crippen LogP contribution in [0.3, 0.4) is 0 Å². The highest BCUT2D eigenvalue weighted by molar-refractivity contribution is 6.30. The van der Waals surface area contributed by atoms with Crippen LogP contribution in [-0.4, -0.2) is 14.6 Å². The molecule has 0 radical (unpaired) electrons. The fraction of sp³-hybridized carbons (Fsp3) is 0.400. The van der Waals surface area contributed by atoms with Crippen molar-refractivity contribution in [3.8, 4) is 0 Å². The quantitative estimate of drug-likeness (QED) is 0.761. The van der Waals surface area contributed by atoms with Crippen LogP contribution in [0, 0.1) is 5.92 Å². The van der Waals surface area contributed by atoms with Crippen LogP contribution >= 0.6 is 11.6 Å². The van der Waals surface area contributed by atoms with Gasteiger partial charge in [-0.25, -0.2) is 9.50 Å². The molecular formula is C10H12ClN3. The van der Waals surface area contributed by atoms with E-state index in [1.807, 2.05) is 18.3 Å². The molecule has 0 N–H and O–H groups in total. The zero-order valence-corrected chi connectivity index (χ0v) is 8.99. The van der Waals surface area contributed by atoms with Crippen LogP contribution < -0.4 is 0 Å². The minimum absolute atomic E-state index is 0.572. The lowest BCUT2D eigenvalue weighted by molar-refractivity contribution is 0.620. The monoisotopic (exact) mass is 209 g/mol. The Hall–Kier alpha value is -1.09. The Morgan fingerprint density at radius 2 is 2.29 bits per heavy atom. The summed E-state index contributed by atoms with van der Waals surface area (Å²) < 4.78 is 1.75. The normalized spacial score (nSPS) is 11.4. The summed E-state index contributed by atoms with van der Waals surface area (Å²) in [6, 6.07) is 3.63. The first kappa shape index (κ1) is 9.46. The molecule has 2 aromatic heterocycles. The van der Waals surface area contributed by atoms with Gasteiger partial charge in [-0.2, -0.15) is 5.10 Å². The molecule has 0 spiro atoms. The van der Waals surface area contributed by atoms with E-state index in [0.717, 1.165) is 17.9 Å². The highest BCUT2D eigenvalue weighted by Gasteiger charge is 2.05. The minimum Gasteiger partial charge on any atom is -0.221 e. The topological polar surface area (TPSA) is 30.2 Å². The van der Waals surface area contributed by atoms with Crippen molar-refractivity contribution in [2.24, 2.45) is 5.92 Å². The molecule has 0 aliphatic rings. The maximum Gasteiger partial charge on any atom is 0.157 e. The first-order chi connectivity index (χ1) is 6.65. The molecule has 0 aliphatic heterocycles. The molecule has 74 valence electrons. The molecule has 2 aromatic rings. The van der Waals surface area contributed by atoms with E-state index >= 15 is 0 Å². The third-order valence-electron chi connectivity index (χ3n) is 1.93. The van der Waals surface area contributed by atoms with Gasteiger partial charge in [0.1, 0.15) is 0 Å². The van der Waals surface area contributed by atoms with Gasteiger partial charge in [-0.3, -0.25) is 0 Å². The third kappa shape index (κ3) is 1.87. The summed E-state index contributed by atoms with van der Waals surface area (Å²) in [5, 5.41) is 5.04. The van der Waals surface area contributed by atoms with Gasteiger partial charge in [0, 0.05) is 23.7 Å². The van der Waals surface area contributed by atoms with Gasteiger partial charge in [-0.1, -0.05) is 25.4 Å².